The molecule has 8 nitrogen and oxygen atoms in total. The number of benzene rings is 1. The predicted molar refractivity (Wildman–Crippen MR) is 139 cm³/mol. The lowest BCUT2D eigenvalue weighted by Gasteiger charge is -2.62. The first-order valence-electron chi connectivity index (χ1n) is 13.3. The number of rotatable bonds is 8. The number of esters is 2. The zero-order valence-electron chi connectivity index (χ0n) is 23.8. The highest BCUT2D eigenvalue weighted by Gasteiger charge is 2.68. The number of ether oxygens (including phenoxy) is 2. The fraction of sp³-hybridized carbons (Fsp3) is 0.643. The molecule has 0 heterocycles. The summed E-state index contributed by atoms with van der Waals surface area (Å²) in [6.07, 6.45) is -8.52. The van der Waals surface area contributed by atoms with Crippen LogP contribution in [0.1, 0.15) is 44.6 Å². The summed E-state index contributed by atoms with van der Waals surface area (Å²) in [4.78, 5) is 24.5. The van der Waals surface area contributed by atoms with Gasteiger partial charge in [0.1, 0.15) is 12.1 Å². The number of hydrogen-bond acceptors (Lipinski definition) is 7. The second kappa shape index (κ2) is 11.5. The van der Waals surface area contributed by atoms with Crippen LogP contribution in [-0.2, 0) is 35.7 Å². The fourth-order valence-electron chi connectivity index (χ4n) is 6.68. The van der Waals surface area contributed by atoms with Crippen molar-refractivity contribution in [3.8, 4) is 0 Å². The summed E-state index contributed by atoms with van der Waals surface area (Å²) in [7, 11) is -0.165. The maximum atomic E-state index is 13.8. The van der Waals surface area contributed by atoms with Crippen LogP contribution in [0.3, 0.4) is 0 Å². The molecular formula is C28H36F5NO7S. The number of halogens is 5. The molecule has 3 atom stereocenters. The van der Waals surface area contributed by atoms with Crippen molar-refractivity contribution in [1.29, 1.82) is 0 Å². The second-order valence-electron chi connectivity index (χ2n) is 12.7. The first kappa shape index (κ1) is 33.9. The Balaban J connectivity index is 0.000000369. The largest absolute Gasteiger partial charge is 0.743 e. The average Bonchev–Trinajstić information content (AvgIpc) is 2.83. The van der Waals surface area contributed by atoms with E-state index in [0.29, 0.717) is 12.8 Å². The third-order valence-corrected chi connectivity index (χ3v) is 9.27. The molecule has 236 valence electrons. The summed E-state index contributed by atoms with van der Waals surface area (Å²) in [5, 5.41) is -5.89. The SMILES string of the molecule is C=CC(=O)OC1(C)C2CC3CC1CC(C(=O)OC(C(F)(F)F)C(F)(F)S(=O)(=O)[O-])(C3)C2.C[N+](C)(C)Cc1ccccc1. The molecule has 0 saturated heterocycles. The standard InChI is InChI=1S/C18H21F5O7S.C10H16N/c1-3-12(24)30-15(2)10-4-9-5-11(15)8-16(6-9,7-10)14(25)29-13(17(19,20)21)18(22,23)31(26,27)28;1-11(2,3)9-10-7-5-4-6-8-10/h3,9-11,13H,1,4-8H2,2H3,(H,26,27,28);4-8H,9H2,1-3H3/q;+1/p-1. The molecule has 4 fully saturated rings. The Hall–Kier alpha value is -2.58. The molecule has 1 aromatic carbocycles. The van der Waals surface area contributed by atoms with Gasteiger partial charge in [0.2, 0.25) is 0 Å². The third kappa shape index (κ3) is 7.13. The van der Waals surface area contributed by atoms with Crippen molar-refractivity contribution >= 4 is 22.1 Å². The number of carbonyl (C=O) groups is 2. The quantitative estimate of drug-likeness (QED) is 0.134. The summed E-state index contributed by atoms with van der Waals surface area (Å²) < 4.78 is 110. The Morgan fingerprint density at radius 1 is 1.07 bits per heavy atom. The Morgan fingerprint density at radius 2 is 1.60 bits per heavy atom. The van der Waals surface area contributed by atoms with Crippen molar-refractivity contribution in [2.24, 2.45) is 23.2 Å². The minimum atomic E-state index is -6.77. The molecule has 4 aliphatic rings. The Morgan fingerprint density at radius 3 is 2.02 bits per heavy atom. The van der Waals surface area contributed by atoms with Crippen molar-refractivity contribution in [2.45, 2.75) is 68.7 Å². The van der Waals surface area contributed by atoms with Gasteiger partial charge in [-0.15, -0.1) is 0 Å². The van der Waals surface area contributed by atoms with Crippen LogP contribution >= 0.6 is 0 Å². The molecular weight excluding hydrogens is 589 g/mol. The first-order chi connectivity index (χ1) is 19.0. The van der Waals surface area contributed by atoms with E-state index in [-0.39, 0.29) is 25.2 Å². The summed E-state index contributed by atoms with van der Waals surface area (Å²) in [6, 6.07) is 10.6. The van der Waals surface area contributed by atoms with E-state index < -0.39 is 62.4 Å². The lowest BCUT2D eigenvalue weighted by Crippen LogP contribution is -2.64. The summed E-state index contributed by atoms with van der Waals surface area (Å²) in [5.41, 5.74) is -1.18. The number of carbonyl (C=O) groups excluding carboxylic acids is 2. The van der Waals surface area contributed by atoms with Gasteiger partial charge in [-0.25, -0.2) is 13.2 Å². The van der Waals surface area contributed by atoms with E-state index in [9.17, 15) is 44.5 Å². The van der Waals surface area contributed by atoms with Gasteiger partial charge in [-0.05, 0) is 44.9 Å². The third-order valence-electron chi connectivity index (χ3n) is 8.39. The highest BCUT2D eigenvalue weighted by Crippen LogP contribution is 2.65. The van der Waals surface area contributed by atoms with E-state index in [1.54, 1.807) is 6.92 Å². The predicted octanol–water partition coefficient (Wildman–Crippen LogP) is 4.81. The minimum absolute atomic E-state index is 0.0740. The molecule has 0 amide bonds. The molecule has 0 aliphatic heterocycles. The molecule has 5 rings (SSSR count). The fourth-order valence-corrected chi connectivity index (χ4v) is 7.13. The molecule has 4 saturated carbocycles. The molecule has 1 aromatic rings. The van der Waals surface area contributed by atoms with E-state index in [4.69, 9.17) is 4.74 Å². The van der Waals surface area contributed by atoms with E-state index in [2.05, 4.69) is 62.8 Å². The molecule has 0 radical (unpaired) electrons. The first-order valence-corrected chi connectivity index (χ1v) is 14.8. The van der Waals surface area contributed by atoms with Crippen molar-refractivity contribution in [1.82, 2.24) is 0 Å². The van der Waals surface area contributed by atoms with Gasteiger partial charge in [0.05, 0.1) is 26.6 Å². The lowest BCUT2D eigenvalue weighted by molar-refractivity contribution is -0.884. The number of hydrogen-bond donors (Lipinski definition) is 0. The van der Waals surface area contributed by atoms with Crippen LogP contribution in [0, 0.1) is 23.2 Å². The van der Waals surface area contributed by atoms with Gasteiger partial charge in [0.15, 0.2) is 10.1 Å². The number of alkyl halides is 5. The normalized spacial score (nSPS) is 29.6. The molecule has 0 aromatic heterocycles. The molecule has 3 unspecified atom stereocenters. The smallest absolute Gasteiger partial charge is 0.432 e. The highest BCUT2D eigenvalue weighted by molar-refractivity contribution is 7.86. The Labute approximate surface area is 242 Å². The minimum Gasteiger partial charge on any atom is -0.743 e. The van der Waals surface area contributed by atoms with Gasteiger partial charge in [-0.1, -0.05) is 36.9 Å². The average molecular weight is 626 g/mol. The van der Waals surface area contributed by atoms with E-state index >= 15 is 0 Å². The van der Waals surface area contributed by atoms with Crippen LogP contribution < -0.4 is 0 Å². The molecule has 14 heteroatoms. The van der Waals surface area contributed by atoms with Crippen LogP contribution in [0.25, 0.3) is 0 Å². The number of quaternary nitrogens is 1. The van der Waals surface area contributed by atoms with Crippen LogP contribution in [0.15, 0.2) is 43.0 Å². The van der Waals surface area contributed by atoms with Crippen LogP contribution in [0.2, 0.25) is 0 Å². The lowest BCUT2D eigenvalue weighted by atomic mass is 9.45. The summed E-state index contributed by atoms with van der Waals surface area (Å²) >= 11 is 0. The van der Waals surface area contributed by atoms with E-state index in [1.807, 2.05) is 0 Å². The van der Waals surface area contributed by atoms with Crippen molar-refractivity contribution in [2.75, 3.05) is 21.1 Å². The van der Waals surface area contributed by atoms with Gasteiger partial charge >= 0.3 is 23.4 Å². The Bertz CT molecular complexity index is 1260. The zero-order chi connectivity index (χ0) is 31.9. The maximum Gasteiger partial charge on any atom is 0.432 e. The highest BCUT2D eigenvalue weighted by atomic mass is 32.2. The van der Waals surface area contributed by atoms with Gasteiger partial charge < -0.3 is 18.5 Å². The van der Waals surface area contributed by atoms with Crippen LogP contribution in [0.5, 0.6) is 0 Å². The molecule has 4 bridgehead atoms. The Kier molecular flexibility index (Phi) is 9.28. The summed E-state index contributed by atoms with van der Waals surface area (Å²) in [6.45, 7) is 6.06. The van der Waals surface area contributed by atoms with Crippen molar-refractivity contribution < 1.29 is 58.5 Å². The maximum absolute atomic E-state index is 13.8. The van der Waals surface area contributed by atoms with Crippen LogP contribution in [0.4, 0.5) is 22.0 Å². The number of nitrogens with zero attached hydrogens (tertiary/aromatic N) is 1. The topological polar surface area (TPSA) is 110 Å². The van der Waals surface area contributed by atoms with Crippen molar-refractivity contribution in [3.63, 3.8) is 0 Å². The van der Waals surface area contributed by atoms with E-state index in [0.717, 1.165) is 17.1 Å². The zero-order valence-corrected chi connectivity index (χ0v) is 24.6. The molecule has 4 aliphatic carbocycles. The van der Waals surface area contributed by atoms with Gasteiger partial charge in [0, 0.05) is 23.5 Å². The monoisotopic (exact) mass is 625 g/mol. The van der Waals surface area contributed by atoms with Gasteiger partial charge in [-0.2, -0.15) is 22.0 Å². The molecule has 0 spiro atoms. The van der Waals surface area contributed by atoms with Crippen molar-refractivity contribution in [3.05, 3.63) is 48.6 Å². The molecule has 42 heavy (non-hydrogen) atoms. The van der Waals surface area contributed by atoms with E-state index in [1.165, 1.54) is 5.56 Å². The van der Waals surface area contributed by atoms with Crippen LogP contribution in [-0.4, -0.2) is 73.7 Å². The molecule has 0 N–H and O–H groups in total. The summed E-state index contributed by atoms with van der Waals surface area (Å²) in [5.74, 6) is -3.35. The second-order valence-corrected chi connectivity index (χ2v) is 14.2. The van der Waals surface area contributed by atoms with Gasteiger partial charge in [0.25, 0.3) is 6.10 Å². The van der Waals surface area contributed by atoms with Gasteiger partial charge in [-0.3, -0.25) is 4.79 Å².